The van der Waals surface area contributed by atoms with Crippen molar-refractivity contribution in [1.82, 2.24) is 0 Å². The van der Waals surface area contributed by atoms with Crippen molar-refractivity contribution in [2.75, 3.05) is 18.5 Å². The minimum atomic E-state index is -5.07. The molecule has 0 aliphatic carbocycles. The van der Waals surface area contributed by atoms with Gasteiger partial charge in [-0.25, -0.2) is 12.1 Å². The van der Waals surface area contributed by atoms with Gasteiger partial charge in [0, 0.05) is 11.8 Å². The zero-order chi connectivity index (χ0) is 32.7. The van der Waals surface area contributed by atoms with E-state index in [1.165, 1.54) is 5.56 Å². The van der Waals surface area contributed by atoms with Crippen LogP contribution in [0.2, 0.25) is 0 Å². The second-order valence-electron chi connectivity index (χ2n) is 7.79. The third kappa shape index (κ3) is 19.2. The van der Waals surface area contributed by atoms with Gasteiger partial charge >= 0.3 is 126 Å². The number of hydrogen-bond acceptors (Lipinski definition) is 1. The number of benzene rings is 1. The molecule has 0 saturated heterocycles. The Labute approximate surface area is 248 Å². The van der Waals surface area contributed by atoms with Crippen LogP contribution < -0.4 is 0 Å². The molecule has 0 atom stereocenters. The van der Waals surface area contributed by atoms with Crippen molar-refractivity contribution in [3.05, 3.63) is 60.2 Å². The second-order valence-corrected chi connectivity index (χ2v) is 14.4. The predicted octanol–water partition coefficient (Wildman–Crippen LogP) is 9.50. The zero-order valence-electron chi connectivity index (χ0n) is 22.1. The van der Waals surface area contributed by atoms with Crippen LogP contribution in [0, 0.1) is 18.8 Å². The molecule has 0 aliphatic rings. The van der Waals surface area contributed by atoms with Gasteiger partial charge in [0.1, 0.15) is 0 Å². The van der Waals surface area contributed by atoms with E-state index >= 15 is 0 Å². The second kappa shape index (κ2) is 18.1. The van der Waals surface area contributed by atoms with E-state index in [4.69, 9.17) is 12.6 Å². The van der Waals surface area contributed by atoms with Crippen molar-refractivity contribution >= 4 is 28.7 Å². The molecule has 2 aromatic carbocycles. The van der Waals surface area contributed by atoms with Gasteiger partial charge in [-0.1, -0.05) is 29.8 Å². The van der Waals surface area contributed by atoms with Crippen LogP contribution in [0.3, 0.4) is 0 Å². The largest absolute Gasteiger partial charge is 0.780 e. The first-order valence-corrected chi connectivity index (χ1v) is 15.7. The monoisotopic (exact) mass is 814 g/mol. The molecule has 0 nitrogen and oxygen atoms in total. The van der Waals surface area contributed by atoms with Gasteiger partial charge < -0.3 is 12.6 Å². The van der Waals surface area contributed by atoms with Crippen LogP contribution in [0.25, 0.3) is 0 Å². The Hall–Kier alpha value is -1.63. The molecule has 0 heterocycles. The van der Waals surface area contributed by atoms with Crippen LogP contribution in [0.1, 0.15) is 26.3 Å². The Morgan fingerprint density at radius 2 is 1.10 bits per heavy atom. The normalized spacial score (nSPS) is 11.7. The fourth-order valence-corrected chi connectivity index (χ4v) is 8.92. The van der Waals surface area contributed by atoms with Crippen molar-refractivity contribution in [2.24, 2.45) is 0 Å². The van der Waals surface area contributed by atoms with E-state index in [0.29, 0.717) is 0 Å². The van der Waals surface area contributed by atoms with Gasteiger partial charge in [-0.2, -0.15) is 49.4 Å². The maximum Gasteiger partial charge on any atom is 0.457 e. The molecular formula is C26H27F12PSW-2. The van der Waals surface area contributed by atoms with Gasteiger partial charge in [-0.3, -0.25) is 0 Å². The van der Waals surface area contributed by atoms with Gasteiger partial charge in [0.2, 0.25) is 0 Å². The molecule has 2 aromatic rings. The summed E-state index contributed by atoms with van der Waals surface area (Å²) in [6.45, 7) is 3.92. The molecule has 2 rings (SSSR count). The first-order valence-electron chi connectivity index (χ1n) is 11.5. The quantitative estimate of drug-likeness (QED) is 0.0976. The molecule has 0 bridgehead atoms. The number of hydrogen-bond donors (Lipinski definition) is 0. The molecule has 0 N–H and O–H groups in total. The average Bonchev–Trinajstić information content (AvgIpc) is 3.42. The molecule has 15 heteroatoms. The Kier molecular flexibility index (Phi) is 18.3. The first-order chi connectivity index (χ1) is 18.5. The van der Waals surface area contributed by atoms with E-state index in [1.807, 2.05) is 54.6 Å². The number of halogens is 12. The standard InChI is InChI=1S/C10H15F6P.C7H8S.C5H5.C4F6.W/c1-4-17(5-2,6-3)8(10(14,15)16)7-9(11,12)13;1-6-2-4-7(8)5-3-6;1-2-4-5-3-1;5-3(6,7)1-2-4(8,9)10;/h4-6H2,1-3H3;2-5,8H,1H3;1-5H;;/q;;-1;;/p-1. The molecule has 0 aliphatic heterocycles. The maximum atomic E-state index is 13.0. The third-order valence-electron chi connectivity index (χ3n) is 4.95. The molecule has 0 fully saturated rings. The number of alkyl halides is 12. The molecule has 234 valence electrons. The summed E-state index contributed by atoms with van der Waals surface area (Å²) in [6.07, 6.45) is -19.5. The van der Waals surface area contributed by atoms with Crippen molar-refractivity contribution in [1.29, 1.82) is 0 Å². The topological polar surface area (TPSA) is 0 Å². The van der Waals surface area contributed by atoms with Gasteiger partial charge in [0.25, 0.3) is 0 Å². The average molecular weight is 814 g/mol. The Balaban J connectivity index is 0. The van der Waals surface area contributed by atoms with Crippen LogP contribution in [0.4, 0.5) is 52.7 Å². The zero-order valence-corrected chi connectivity index (χ0v) is 26.8. The first kappa shape index (κ1) is 41.5. The number of aryl methyl sites for hydroxylation is 1. The summed E-state index contributed by atoms with van der Waals surface area (Å²) in [5.74, 6) is 0.174. The Bertz CT molecular complexity index is 1050. The smallest absolute Gasteiger partial charge is 0.457 e. The molecule has 0 spiro atoms. The van der Waals surface area contributed by atoms with Gasteiger partial charge in [0.05, 0.1) is 0 Å². The van der Waals surface area contributed by atoms with E-state index in [0.717, 1.165) is 4.90 Å². The molecule has 0 saturated carbocycles. The SMILES string of the molecule is CCP(CC)(CC)=C([C](=[W])C(F)(F)F)C(F)(F)F.Cc1ccc([S-])cc1.FC(F)(F)C#CC(F)(F)F.c1cc[cH-]c1. The molecule has 0 unspecified atom stereocenters. The van der Waals surface area contributed by atoms with Crippen LogP contribution in [-0.4, -0.2) is 52.4 Å². The molecule has 0 amide bonds. The van der Waals surface area contributed by atoms with Crippen LogP contribution in [0.15, 0.2) is 59.5 Å². The fourth-order valence-electron chi connectivity index (χ4n) is 2.89. The van der Waals surface area contributed by atoms with Gasteiger partial charge in [0.15, 0.2) is 0 Å². The van der Waals surface area contributed by atoms with E-state index in [-0.39, 0.29) is 49.7 Å². The Morgan fingerprint density at radius 1 is 0.732 bits per heavy atom. The predicted molar refractivity (Wildman–Crippen MR) is 139 cm³/mol. The summed E-state index contributed by atoms with van der Waals surface area (Å²) >= 11 is 4.71. The third-order valence-corrected chi connectivity index (χ3v) is 12.4. The van der Waals surface area contributed by atoms with E-state index < -0.39 is 40.8 Å². The van der Waals surface area contributed by atoms with Gasteiger partial charge in [-0.15, -0.1) is 0 Å². The van der Waals surface area contributed by atoms with Crippen molar-refractivity contribution < 1.29 is 72.0 Å². The van der Waals surface area contributed by atoms with Crippen molar-refractivity contribution in [2.45, 2.75) is 57.3 Å². The molecule has 0 radical (unpaired) electrons. The summed E-state index contributed by atoms with van der Waals surface area (Å²) in [6, 6.07) is 17.9. The summed E-state index contributed by atoms with van der Waals surface area (Å²) in [7, 11) is 0. The van der Waals surface area contributed by atoms with Crippen molar-refractivity contribution in [3.63, 3.8) is 0 Å². The molecule has 0 aromatic heterocycles. The van der Waals surface area contributed by atoms with E-state index in [2.05, 4.69) is 6.92 Å². The number of rotatable bonds is 4. The van der Waals surface area contributed by atoms with E-state index in [1.54, 1.807) is 20.8 Å². The summed E-state index contributed by atoms with van der Waals surface area (Å²) in [5.41, 5.74) is 1.26. The maximum absolute atomic E-state index is 13.0. The fraction of sp³-hybridized carbons (Fsp3) is 0.423. The Morgan fingerprint density at radius 3 is 1.29 bits per heavy atom. The van der Waals surface area contributed by atoms with Crippen LogP contribution >= 0.6 is 6.89 Å². The van der Waals surface area contributed by atoms with Gasteiger partial charge in [-0.05, 0) is 6.92 Å². The summed E-state index contributed by atoms with van der Waals surface area (Å²) in [5, 5.41) is -1.27. The minimum absolute atomic E-state index is 0.0868. The van der Waals surface area contributed by atoms with Crippen LogP contribution in [-0.2, 0) is 32.0 Å². The minimum Gasteiger partial charge on any atom is -0.780 e. The van der Waals surface area contributed by atoms with Crippen LogP contribution in [0.5, 0.6) is 0 Å². The summed E-state index contributed by atoms with van der Waals surface area (Å²) < 4.78 is 141. The summed E-state index contributed by atoms with van der Waals surface area (Å²) in [4.78, 5) is 0.913. The molecular weight excluding hydrogens is 787 g/mol. The molecule has 41 heavy (non-hydrogen) atoms. The van der Waals surface area contributed by atoms with Crippen molar-refractivity contribution in [3.8, 4) is 11.8 Å². The van der Waals surface area contributed by atoms with E-state index in [9.17, 15) is 52.7 Å².